The van der Waals surface area contributed by atoms with E-state index in [1.54, 1.807) is 11.3 Å². The van der Waals surface area contributed by atoms with E-state index >= 15 is 0 Å². The maximum Gasteiger partial charge on any atom is 0.306 e. The second-order valence-corrected chi connectivity index (χ2v) is 7.51. The Kier molecular flexibility index (Phi) is 6.79. The van der Waals surface area contributed by atoms with Crippen molar-refractivity contribution in [3.63, 3.8) is 0 Å². The van der Waals surface area contributed by atoms with Crippen LogP contribution >= 0.6 is 22.9 Å². The summed E-state index contributed by atoms with van der Waals surface area (Å²) in [6.45, 7) is 0.211. The van der Waals surface area contributed by atoms with Crippen LogP contribution in [-0.4, -0.2) is 30.0 Å². The van der Waals surface area contributed by atoms with E-state index < -0.39 is 5.97 Å². The number of para-hydroxylation sites is 1. The van der Waals surface area contributed by atoms with Crippen molar-refractivity contribution in [2.45, 2.75) is 19.3 Å². The number of aryl methyl sites for hydroxylation is 1. The van der Waals surface area contributed by atoms with Gasteiger partial charge >= 0.3 is 5.97 Å². The third-order valence-corrected chi connectivity index (χ3v) is 5.24. The Hall–Kier alpha value is -2.44. The number of rotatable bonds is 8. The summed E-state index contributed by atoms with van der Waals surface area (Å²) in [4.78, 5) is 28.1. The van der Waals surface area contributed by atoms with Crippen LogP contribution in [0.15, 0.2) is 48.5 Å². The number of carbonyl (C=O) groups is 2. The first kappa shape index (κ1) is 19.3. The zero-order chi connectivity index (χ0) is 19.1. The zero-order valence-electron chi connectivity index (χ0n) is 14.6. The van der Waals surface area contributed by atoms with Crippen LogP contribution in [0.3, 0.4) is 0 Å². The van der Waals surface area contributed by atoms with Gasteiger partial charge in [-0.1, -0.05) is 35.9 Å². The van der Waals surface area contributed by atoms with Crippen LogP contribution in [0, 0.1) is 0 Å². The predicted octanol–water partition coefficient (Wildman–Crippen LogP) is 3.78. The topological polar surface area (TPSA) is 68.3 Å². The summed E-state index contributed by atoms with van der Waals surface area (Å²) in [7, 11) is 0. The Morgan fingerprint density at radius 1 is 1.07 bits per heavy atom. The molecule has 1 amide bonds. The summed E-state index contributed by atoms with van der Waals surface area (Å²) in [5, 5.41) is 4.30. The van der Waals surface area contributed by atoms with E-state index in [4.69, 9.17) is 16.3 Å². The fourth-order valence-electron chi connectivity index (χ4n) is 2.50. The van der Waals surface area contributed by atoms with Crippen molar-refractivity contribution in [1.82, 2.24) is 10.3 Å². The summed E-state index contributed by atoms with van der Waals surface area (Å²) >= 11 is 7.40. The zero-order valence-corrected chi connectivity index (χ0v) is 16.2. The quantitative estimate of drug-likeness (QED) is 0.582. The predicted molar refractivity (Wildman–Crippen MR) is 107 cm³/mol. The fraction of sp³-hybridized carbons (Fsp3) is 0.250. The molecule has 0 spiro atoms. The van der Waals surface area contributed by atoms with E-state index in [-0.39, 0.29) is 18.9 Å². The van der Waals surface area contributed by atoms with Gasteiger partial charge in [0.25, 0.3) is 5.91 Å². The van der Waals surface area contributed by atoms with Gasteiger partial charge in [-0.2, -0.15) is 0 Å². The van der Waals surface area contributed by atoms with Crippen molar-refractivity contribution in [3.05, 3.63) is 64.1 Å². The van der Waals surface area contributed by atoms with Crippen molar-refractivity contribution in [2.75, 3.05) is 13.2 Å². The number of nitrogens with zero attached hydrogens (tertiary/aromatic N) is 1. The molecule has 0 saturated carbocycles. The Labute approximate surface area is 166 Å². The molecule has 0 fully saturated rings. The highest BCUT2D eigenvalue weighted by molar-refractivity contribution is 7.18. The van der Waals surface area contributed by atoms with E-state index in [1.807, 2.05) is 48.5 Å². The van der Waals surface area contributed by atoms with Crippen LogP contribution < -0.4 is 5.32 Å². The average molecular weight is 403 g/mol. The number of hydrogen-bond donors (Lipinski definition) is 1. The first-order valence-corrected chi connectivity index (χ1v) is 9.81. The lowest BCUT2D eigenvalue weighted by Crippen LogP contribution is -2.30. The van der Waals surface area contributed by atoms with E-state index in [0.717, 1.165) is 20.8 Å². The van der Waals surface area contributed by atoms with Crippen molar-refractivity contribution in [1.29, 1.82) is 0 Å². The molecular formula is C20H19ClN2O3S. The summed E-state index contributed by atoms with van der Waals surface area (Å²) in [5.74, 6) is -0.709. The molecule has 0 aliphatic heterocycles. The minimum atomic E-state index is -0.401. The highest BCUT2D eigenvalue weighted by Crippen LogP contribution is 2.22. The maximum atomic E-state index is 11.8. The number of hydrogen-bond acceptors (Lipinski definition) is 5. The molecule has 0 atom stereocenters. The lowest BCUT2D eigenvalue weighted by molar-refractivity contribution is -0.148. The minimum Gasteiger partial charge on any atom is -0.456 e. The van der Waals surface area contributed by atoms with E-state index in [1.165, 1.54) is 0 Å². The van der Waals surface area contributed by atoms with Gasteiger partial charge in [0.05, 0.1) is 21.6 Å². The van der Waals surface area contributed by atoms with Gasteiger partial charge in [-0.25, -0.2) is 4.98 Å². The Bertz CT molecular complexity index is 891. The van der Waals surface area contributed by atoms with E-state index in [0.29, 0.717) is 24.4 Å². The lowest BCUT2D eigenvalue weighted by Gasteiger charge is -2.06. The molecular weight excluding hydrogens is 384 g/mol. The molecule has 1 aromatic heterocycles. The molecule has 0 saturated heterocycles. The summed E-state index contributed by atoms with van der Waals surface area (Å²) in [6.07, 6.45) is 1.41. The van der Waals surface area contributed by atoms with Crippen molar-refractivity contribution >= 4 is 45.0 Å². The standard InChI is InChI=1S/C20H19ClN2O3S/c21-15-7-5-14(6-8-15)11-12-22-18(24)13-26-20(25)10-9-19-23-16-3-1-2-4-17(16)27-19/h1-8H,9-13H2,(H,22,24). The lowest BCUT2D eigenvalue weighted by atomic mass is 10.1. The fourth-order valence-corrected chi connectivity index (χ4v) is 3.60. The number of carbonyl (C=O) groups excluding carboxylic acids is 2. The Morgan fingerprint density at radius 2 is 1.85 bits per heavy atom. The molecule has 7 heteroatoms. The van der Waals surface area contributed by atoms with Crippen molar-refractivity contribution in [2.24, 2.45) is 0 Å². The van der Waals surface area contributed by atoms with Gasteiger partial charge in [0.2, 0.25) is 0 Å². The molecule has 0 unspecified atom stereocenters. The van der Waals surface area contributed by atoms with Gasteiger partial charge in [0.15, 0.2) is 6.61 Å². The number of aromatic nitrogens is 1. The normalized spacial score (nSPS) is 10.7. The highest BCUT2D eigenvalue weighted by atomic mass is 35.5. The van der Waals surface area contributed by atoms with Gasteiger partial charge in [-0.05, 0) is 36.2 Å². The largest absolute Gasteiger partial charge is 0.456 e. The number of ether oxygens (including phenoxy) is 1. The molecule has 2 aromatic carbocycles. The Balaban J connectivity index is 1.33. The van der Waals surface area contributed by atoms with Gasteiger partial charge in [0.1, 0.15) is 0 Å². The van der Waals surface area contributed by atoms with E-state index in [9.17, 15) is 9.59 Å². The molecule has 27 heavy (non-hydrogen) atoms. The molecule has 0 bridgehead atoms. The maximum absolute atomic E-state index is 11.8. The second-order valence-electron chi connectivity index (χ2n) is 5.96. The van der Waals surface area contributed by atoms with Gasteiger partial charge in [-0.3, -0.25) is 9.59 Å². The number of benzene rings is 2. The average Bonchev–Trinajstić information content (AvgIpc) is 3.09. The number of fused-ring (bicyclic) bond motifs is 1. The number of nitrogens with one attached hydrogen (secondary N) is 1. The molecule has 0 aliphatic carbocycles. The highest BCUT2D eigenvalue weighted by Gasteiger charge is 2.10. The number of esters is 1. The van der Waals surface area contributed by atoms with Crippen LogP contribution in [0.25, 0.3) is 10.2 Å². The first-order valence-electron chi connectivity index (χ1n) is 8.61. The molecule has 1 N–H and O–H groups in total. The van der Waals surface area contributed by atoms with Gasteiger partial charge in [0, 0.05) is 18.0 Å². The van der Waals surface area contributed by atoms with Gasteiger partial charge < -0.3 is 10.1 Å². The van der Waals surface area contributed by atoms with Crippen LogP contribution in [0.2, 0.25) is 5.02 Å². The number of amides is 1. The van der Waals surface area contributed by atoms with Crippen LogP contribution in [-0.2, 0) is 27.2 Å². The SMILES string of the molecule is O=C(COC(=O)CCc1nc2ccccc2s1)NCCc1ccc(Cl)cc1. The van der Waals surface area contributed by atoms with Crippen LogP contribution in [0.4, 0.5) is 0 Å². The number of halogens is 1. The third-order valence-electron chi connectivity index (χ3n) is 3.89. The summed E-state index contributed by atoms with van der Waals surface area (Å²) < 4.78 is 6.12. The Morgan fingerprint density at radius 3 is 2.63 bits per heavy atom. The second kappa shape index (κ2) is 9.48. The molecule has 3 rings (SSSR count). The summed E-state index contributed by atoms with van der Waals surface area (Å²) in [5.41, 5.74) is 2.01. The van der Waals surface area contributed by atoms with E-state index in [2.05, 4.69) is 10.3 Å². The number of thiazole rings is 1. The van der Waals surface area contributed by atoms with Crippen LogP contribution in [0.5, 0.6) is 0 Å². The third kappa shape index (κ3) is 6.05. The summed E-state index contributed by atoms with van der Waals surface area (Å²) in [6, 6.07) is 15.3. The van der Waals surface area contributed by atoms with Crippen molar-refractivity contribution < 1.29 is 14.3 Å². The van der Waals surface area contributed by atoms with Gasteiger partial charge in [-0.15, -0.1) is 11.3 Å². The van der Waals surface area contributed by atoms with Crippen LogP contribution in [0.1, 0.15) is 17.0 Å². The smallest absolute Gasteiger partial charge is 0.306 e. The molecule has 1 heterocycles. The minimum absolute atomic E-state index is 0.206. The van der Waals surface area contributed by atoms with Crippen molar-refractivity contribution in [3.8, 4) is 0 Å². The molecule has 140 valence electrons. The molecule has 5 nitrogen and oxygen atoms in total. The first-order chi connectivity index (χ1) is 13.1. The molecule has 0 aliphatic rings. The molecule has 3 aromatic rings. The monoisotopic (exact) mass is 402 g/mol. The molecule has 0 radical (unpaired) electrons.